The van der Waals surface area contributed by atoms with E-state index in [2.05, 4.69) is 0 Å². The third kappa shape index (κ3) is 4.97. The first-order chi connectivity index (χ1) is 12.8. The molecular formula is C20H24FNO4S. The van der Waals surface area contributed by atoms with Gasteiger partial charge in [0.2, 0.25) is 5.91 Å². The van der Waals surface area contributed by atoms with Crippen molar-refractivity contribution < 1.29 is 22.0 Å². The molecule has 1 aliphatic rings. The second-order valence-corrected chi connectivity index (χ2v) is 9.33. The fraction of sp³-hybridized carbons (Fsp3) is 0.450. The SMILES string of the molecule is Cc1ccc(CCC(=O)N2CCC(S(=O)(=O)Cc3ccco3)CC2)cc1F. The van der Waals surface area contributed by atoms with Gasteiger partial charge >= 0.3 is 0 Å². The first-order valence-electron chi connectivity index (χ1n) is 9.12. The smallest absolute Gasteiger partial charge is 0.222 e. The van der Waals surface area contributed by atoms with Crippen molar-refractivity contribution >= 4 is 15.7 Å². The summed E-state index contributed by atoms with van der Waals surface area (Å²) in [6, 6.07) is 8.34. The molecule has 0 saturated carbocycles. The normalized spacial score (nSPS) is 15.9. The summed E-state index contributed by atoms with van der Waals surface area (Å²) in [5.74, 6) is 0.0664. The van der Waals surface area contributed by atoms with E-state index in [9.17, 15) is 17.6 Å². The van der Waals surface area contributed by atoms with Crippen LogP contribution < -0.4 is 0 Å². The second-order valence-electron chi connectivity index (χ2n) is 7.05. The predicted octanol–water partition coefficient (Wildman–Crippen LogP) is 3.27. The van der Waals surface area contributed by atoms with Crippen molar-refractivity contribution in [3.05, 3.63) is 59.3 Å². The Labute approximate surface area is 159 Å². The molecule has 1 saturated heterocycles. The largest absolute Gasteiger partial charge is 0.468 e. The molecule has 0 bridgehead atoms. The van der Waals surface area contributed by atoms with Crippen molar-refractivity contribution in [3.63, 3.8) is 0 Å². The van der Waals surface area contributed by atoms with Gasteiger partial charge in [-0.05, 0) is 55.5 Å². The first kappa shape index (κ1) is 19.6. The summed E-state index contributed by atoms with van der Waals surface area (Å²) >= 11 is 0. The Morgan fingerprint density at radius 3 is 2.63 bits per heavy atom. The molecule has 1 aliphatic heterocycles. The summed E-state index contributed by atoms with van der Waals surface area (Å²) < 4.78 is 43.7. The van der Waals surface area contributed by atoms with E-state index in [1.54, 1.807) is 30.0 Å². The van der Waals surface area contributed by atoms with Gasteiger partial charge in [0, 0.05) is 19.5 Å². The summed E-state index contributed by atoms with van der Waals surface area (Å²) in [5.41, 5.74) is 1.38. The van der Waals surface area contributed by atoms with Crippen molar-refractivity contribution in [1.82, 2.24) is 4.90 Å². The first-order valence-corrected chi connectivity index (χ1v) is 10.8. The number of hydrogen-bond acceptors (Lipinski definition) is 4. The molecular weight excluding hydrogens is 369 g/mol. The van der Waals surface area contributed by atoms with Crippen LogP contribution in [0.5, 0.6) is 0 Å². The minimum Gasteiger partial charge on any atom is -0.468 e. The quantitative estimate of drug-likeness (QED) is 0.755. The van der Waals surface area contributed by atoms with E-state index in [4.69, 9.17) is 4.42 Å². The standard InChI is InChI=1S/C20H24FNO4S/c1-15-4-5-16(13-19(15)21)6-7-20(23)22-10-8-18(9-11-22)27(24,25)14-17-3-2-12-26-17/h2-5,12-13,18H,6-11,14H2,1H3. The number of aryl methyl sites for hydroxylation is 2. The number of amides is 1. The molecule has 1 aromatic heterocycles. The lowest BCUT2D eigenvalue weighted by molar-refractivity contribution is -0.132. The number of carbonyl (C=O) groups is 1. The molecule has 2 heterocycles. The maximum Gasteiger partial charge on any atom is 0.222 e. The summed E-state index contributed by atoms with van der Waals surface area (Å²) in [6.45, 7) is 2.57. The van der Waals surface area contributed by atoms with Gasteiger partial charge in [-0.15, -0.1) is 0 Å². The van der Waals surface area contributed by atoms with Gasteiger partial charge in [0.05, 0.1) is 11.5 Å². The number of halogens is 1. The van der Waals surface area contributed by atoms with E-state index < -0.39 is 15.1 Å². The number of nitrogens with zero attached hydrogens (tertiary/aromatic N) is 1. The highest BCUT2D eigenvalue weighted by molar-refractivity contribution is 7.91. The highest BCUT2D eigenvalue weighted by Gasteiger charge is 2.32. The molecule has 5 nitrogen and oxygen atoms in total. The number of carbonyl (C=O) groups excluding carboxylic acids is 1. The lowest BCUT2D eigenvalue weighted by Crippen LogP contribution is -2.42. The fourth-order valence-corrected chi connectivity index (χ4v) is 5.10. The molecule has 146 valence electrons. The zero-order valence-electron chi connectivity index (χ0n) is 15.4. The van der Waals surface area contributed by atoms with Crippen LogP contribution in [0, 0.1) is 12.7 Å². The molecule has 0 radical (unpaired) electrons. The summed E-state index contributed by atoms with van der Waals surface area (Å²) in [7, 11) is -3.29. The monoisotopic (exact) mass is 393 g/mol. The zero-order valence-corrected chi connectivity index (χ0v) is 16.2. The van der Waals surface area contributed by atoms with Gasteiger partial charge in [-0.3, -0.25) is 4.79 Å². The maximum atomic E-state index is 13.6. The third-order valence-corrected chi connectivity index (χ3v) is 7.26. The Bertz CT molecular complexity index is 885. The lowest BCUT2D eigenvalue weighted by atomic mass is 10.1. The second kappa shape index (κ2) is 8.25. The van der Waals surface area contributed by atoms with Crippen LogP contribution in [0.15, 0.2) is 41.0 Å². The van der Waals surface area contributed by atoms with Crippen molar-refractivity contribution in [1.29, 1.82) is 0 Å². The number of likely N-dealkylation sites (tertiary alicyclic amines) is 1. The van der Waals surface area contributed by atoms with Gasteiger partial charge in [0.15, 0.2) is 9.84 Å². The topological polar surface area (TPSA) is 67.6 Å². The molecule has 27 heavy (non-hydrogen) atoms. The predicted molar refractivity (Wildman–Crippen MR) is 100 cm³/mol. The number of piperidine rings is 1. The highest BCUT2D eigenvalue weighted by atomic mass is 32.2. The Morgan fingerprint density at radius 2 is 2.00 bits per heavy atom. The van der Waals surface area contributed by atoms with Gasteiger partial charge in [0.25, 0.3) is 0 Å². The number of rotatable bonds is 6. The molecule has 0 spiro atoms. The Balaban J connectivity index is 1.49. The van der Waals surface area contributed by atoms with Gasteiger partial charge in [-0.1, -0.05) is 12.1 Å². The van der Waals surface area contributed by atoms with Crippen LogP contribution in [-0.4, -0.2) is 37.6 Å². The van der Waals surface area contributed by atoms with Crippen LogP contribution in [0.3, 0.4) is 0 Å². The number of sulfone groups is 1. The average Bonchev–Trinajstić information content (AvgIpc) is 3.15. The van der Waals surface area contributed by atoms with E-state index in [1.807, 2.05) is 6.07 Å². The third-order valence-electron chi connectivity index (χ3n) is 5.09. The molecule has 0 N–H and O–H groups in total. The van der Waals surface area contributed by atoms with E-state index in [0.29, 0.717) is 50.1 Å². The summed E-state index contributed by atoms with van der Waals surface area (Å²) in [6.07, 6.45) is 3.12. The van der Waals surface area contributed by atoms with E-state index in [-0.39, 0.29) is 17.5 Å². The number of hydrogen-bond donors (Lipinski definition) is 0. The molecule has 7 heteroatoms. The number of benzene rings is 1. The van der Waals surface area contributed by atoms with Crippen molar-refractivity contribution in [3.8, 4) is 0 Å². The molecule has 2 aromatic rings. The van der Waals surface area contributed by atoms with E-state index >= 15 is 0 Å². The molecule has 1 amide bonds. The summed E-state index contributed by atoms with van der Waals surface area (Å²) in [5, 5.41) is -0.446. The molecule has 0 unspecified atom stereocenters. The van der Waals surface area contributed by atoms with Gasteiger partial charge in [-0.2, -0.15) is 0 Å². The maximum absolute atomic E-state index is 13.6. The van der Waals surface area contributed by atoms with Crippen LogP contribution in [0.4, 0.5) is 4.39 Å². The van der Waals surface area contributed by atoms with E-state index in [1.165, 1.54) is 12.3 Å². The molecule has 0 atom stereocenters. The highest BCUT2D eigenvalue weighted by Crippen LogP contribution is 2.22. The van der Waals surface area contributed by atoms with Crippen LogP contribution in [0.1, 0.15) is 36.1 Å². The molecule has 0 aliphatic carbocycles. The lowest BCUT2D eigenvalue weighted by Gasteiger charge is -2.31. The van der Waals surface area contributed by atoms with Crippen molar-refractivity contribution in [2.75, 3.05) is 13.1 Å². The van der Waals surface area contributed by atoms with Crippen molar-refractivity contribution in [2.45, 2.75) is 43.6 Å². The Kier molecular flexibility index (Phi) is 5.99. The number of furan rings is 1. The Hall–Kier alpha value is -2.15. The van der Waals surface area contributed by atoms with Crippen LogP contribution in [0.25, 0.3) is 0 Å². The fourth-order valence-electron chi connectivity index (χ4n) is 3.38. The Morgan fingerprint density at radius 1 is 1.26 bits per heavy atom. The van der Waals surface area contributed by atoms with Crippen molar-refractivity contribution in [2.24, 2.45) is 0 Å². The van der Waals surface area contributed by atoms with E-state index in [0.717, 1.165) is 5.56 Å². The van der Waals surface area contributed by atoms with Gasteiger partial charge in [-0.25, -0.2) is 12.8 Å². The summed E-state index contributed by atoms with van der Waals surface area (Å²) in [4.78, 5) is 14.1. The molecule has 1 aromatic carbocycles. The van der Waals surface area contributed by atoms with Gasteiger partial charge in [0.1, 0.15) is 17.3 Å². The van der Waals surface area contributed by atoms with Crippen LogP contribution >= 0.6 is 0 Å². The minimum absolute atomic E-state index is 0.0159. The molecule has 1 fully saturated rings. The zero-order chi connectivity index (χ0) is 19.4. The van der Waals surface area contributed by atoms with Crippen LogP contribution in [-0.2, 0) is 26.8 Å². The van der Waals surface area contributed by atoms with Crippen LogP contribution in [0.2, 0.25) is 0 Å². The molecule has 3 rings (SSSR count). The van der Waals surface area contributed by atoms with Gasteiger partial charge < -0.3 is 9.32 Å². The average molecular weight is 393 g/mol. The minimum atomic E-state index is -3.29.